The fourth-order valence-electron chi connectivity index (χ4n) is 1.93. The Labute approximate surface area is 144 Å². The first-order valence-corrected chi connectivity index (χ1v) is 7.61. The van der Waals surface area contributed by atoms with Gasteiger partial charge in [0.25, 0.3) is 0 Å². The quantitative estimate of drug-likeness (QED) is 0.489. The van der Waals surface area contributed by atoms with E-state index in [0.29, 0.717) is 16.0 Å². The van der Waals surface area contributed by atoms with Crippen molar-refractivity contribution in [3.05, 3.63) is 48.5 Å². The molecular weight excluding hydrogens is 332 g/mol. The van der Waals surface area contributed by atoms with Crippen LogP contribution in [0.2, 0.25) is 0 Å². The molecule has 0 saturated carbocycles. The van der Waals surface area contributed by atoms with Crippen molar-refractivity contribution in [3.63, 3.8) is 0 Å². The molecule has 23 heavy (non-hydrogen) atoms. The monoisotopic (exact) mass is 346 g/mol. The highest BCUT2D eigenvalue weighted by Gasteiger charge is 2.13. The van der Waals surface area contributed by atoms with Gasteiger partial charge in [-0.1, -0.05) is 18.2 Å². The van der Waals surface area contributed by atoms with E-state index in [1.807, 2.05) is 48.5 Å². The summed E-state index contributed by atoms with van der Waals surface area (Å²) in [6.07, 6.45) is 0. The largest absolute Gasteiger partial charge is 0.454 e. The van der Waals surface area contributed by atoms with Crippen molar-refractivity contribution in [2.45, 2.75) is 0 Å². The maximum absolute atomic E-state index is 5.31. The van der Waals surface area contributed by atoms with Crippen molar-refractivity contribution in [1.82, 2.24) is 10.9 Å². The predicted molar refractivity (Wildman–Crippen MR) is 97.7 cm³/mol. The minimum atomic E-state index is 0.239. The van der Waals surface area contributed by atoms with Crippen molar-refractivity contribution in [2.75, 3.05) is 17.4 Å². The molecule has 1 aliphatic rings. The van der Waals surface area contributed by atoms with Gasteiger partial charge < -0.3 is 20.1 Å². The summed E-state index contributed by atoms with van der Waals surface area (Å²) >= 11 is 10.4. The summed E-state index contributed by atoms with van der Waals surface area (Å²) in [7, 11) is 0. The second-order valence-corrected chi connectivity index (χ2v) is 5.41. The fraction of sp³-hybridized carbons (Fsp3) is 0.0667. The van der Waals surface area contributed by atoms with Crippen LogP contribution in [0, 0.1) is 0 Å². The van der Waals surface area contributed by atoms with E-state index in [0.717, 1.165) is 17.1 Å². The Bertz CT molecular complexity index is 725. The first kappa shape index (κ1) is 15.3. The summed E-state index contributed by atoms with van der Waals surface area (Å²) in [6, 6.07) is 15.1. The summed E-state index contributed by atoms with van der Waals surface area (Å²) < 4.78 is 10.6. The molecule has 3 rings (SSSR count). The van der Waals surface area contributed by atoms with Gasteiger partial charge in [0.1, 0.15) is 0 Å². The summed E-state index contributed by atoms with van der Waals surface area (Å²) in [6.45, 7) is 0.239. The maximum atomic E-state index is 5.31. The van der Waals surface area contributed by atoms with Gasteiger partial charge in [0.05, 0.1) is 0 Å². The third-order valence-corrected chi connectivity index (χ3v) is 3.36. The van der Waals surface area contributed by atoms with Gasteiger partial charge in [0, 0.05) is 17.4 Å². The highest BCUT2D eigenvalue weighted by atomic mass is 32.1. The normalized spacial score (nSPS) is 11.5. The number of fused-ring (bicyclic) bond motifs is 1. The molecule has 0 aromatic heterocycles. The zero-order valence-corrected chi connectivity index (χ0v) is 13.6. The number of anilines is 2. The van der Waals surface area contributed by atoms with Crippen molar-refractivity contribution >= 4 is 46.0 Å². The van der Waals surface area contributed by atoms with E-state index in [9.17, 15) is 0 Å². The molecule has 1 aliphatic heterocycles. The van der Waals surface area contributed by atoms with E-state index in [1.165, 1.54) is 0 Å². The second-order valence-electron chi connectivity index (χ2n) is 4.59. The highest BCUT2D eigenvalue weighted by molar-refractivity contribution is 7.81. The van der Waals surface area contributed by atoms with E-state index < -0.39 is 0 Å². The molecule has 0 bridgehead atoms. The zero-order valence-electron chi connectivity index (χ0n) is 12.0. The average Bonchev–Trinajstić information content (AvgIpc) is 3.01. The SMILES string of the molecule is S=C(NNC(=S)Nc1ccc2c(c1)OCO2)Nc1ccccc1. The Morgan fingerprint density at radius 2 is 1.43 bits per heavy atom. The molecule has 0 unspecified atom stereocenters. The van der Waals surface area contributed by atoms with Gasteiger partial charge in [-0.2, -0.15) is 0 Å². The van der Waals surface area contributed by atoms with Crippen molar-refractivity contribution in [2.24, 2.45) is 0 Å². The lowest BCUT2D eigenvalue weighted by Gasteiger charge is -2.14. The fourth-order valence-corrected chi connectivity index (χ4v) is 2.27. The number of ether oxygens (including phenoxy) is 2. The molecule has 0 amide bonds. The van der Waals surface area contributed by atoms with Gasteiger partial charge in [-0.05, 0) is 48.7 Å². The Morgan fingerprint density at radius 1 is 0.783 bits per heavy atom. The molecule has 0 fully saturated rings. The molecule has 0 atom stereocenters. The summed E-state index contributed by atoms with van der Waals surface area (Å²) in [4.78, 5) is 0. The van der Waals surface area contributed by atoms with Crippen LogP contribution in [0.25, 0.3) is 0 Å². The molecule has 6 nitrogen and oxygen atoms in total. The van der Waals surface area contributed by atoms with Crippen LogP contribution in [-0.2, 0) is 0 Å². The van der Waals surface area contributed by atoms with E-state index in [4.69, 9.17) is 33.9 Å². The third-order valence-electron chi connectivity index (χ3n) is 2.95. The van der Waals surface area contributed by atoms with Crippen LogP contribution in [0.1, 0.15) is 0 Å². The lowest BCUT2D eigenvalue weighted by atomic mass is 10.3. The summed E-state index contributed by atoms with van der Waals surface area (Å²) in [5.41, 5.74) is 7.31. The van der Waals surface area contributed by atoms with Crippen LogP contribution in [0.15, 0.2) is 48.5 Å². The van der Waals surface area contributed by atoms with Gasteiger partial charge in [-0.15, -0.1) is 0 Å². The number of rotatable bonds is 2. The minimum Gasteiger partial charge on any atom is -0.454 e. The molecule has 2 aromatic rings. The second kappa shape index (κ2) is 7.12. The van der Waals surface area contributed by atoms with Gasteiger partial charge in [-0.3, -0.25) is 10.9 Å². The number of thiocarbonyl (C=S) groups is 2. The van der Waals surface area contributed by atoms with Crippen molar-refractivity contribution < 1.29 is 9.47 Å². The molecule has 118 valence electrons. The van der Waals surface area contributed by atoms with Gasteiger partial charge in [0.15, 0.2) is 21.7 Å². The molecule has 8 heteroatoms. The predicted octanol–water partition coefficient (Wildman–Crippen LogP) is 2.60. The van der Waals surface area contributed by atoms with E-state index in [-0.39, 0.29) is 6.79 Å². The Kier molecular flexibility index (Phi) is 4.74. The molecule has 1 heterocycles. The first-order valence-electron chi connectivity index (χ1n) is 6.79. The smallest absolute Gasteiger partial charge is 0.231 e. The van der Waals surface area contributed by atoms with Crippen LogP contribution in [0.5, 0.6) is 11.5 Å². The minimum absolute atomic E-state index is 0.239. The first-order chi connectivity index (χ1) is 11.2. The molecular formula is C15H14N4O2S2. The van der Waals surface area contributed by atoms with Gasteiger partial charge in [-0.25, -0.2) is 0 Å². The number of nitrogens with one attached hydrogen (secondary N) is 4. The topological polar surface area (TPSA) is 66.6 Å². The number of hydrogen-bond donors (Lipinski definition) is 4. The Hall–Kier alpha value is -2.58. The zero-order chi connectivity index (χ0) is 16.1. The van der Waals surface area contributed by atoms with Gasteiger partial charge >= 0.3 is 0 Å². The molecule has 4 N–H and O–H groups in total. The van der Waals surface area contributed by atoms with Crippen molar-refractivity contribution in [1.29, 1.82) is 0 Å². The maximum Gasteiger partial charge on any atom is 0.231 e. The third kappa shape index (κ3) is 4.21. The Morgan fingerprint density at radius 3 is 2.17 bits per heavy atom. The molecule has 0 radical (unpaired) electrons. The molecule has 0 spiro atoms. The number of hydrogen-bond acceptors (Lipinski definition) is 4. The summed E-state index contributed by atoms with van der Waals surface area (Å²) in [5.74, 6) is 1.41. The van der Waals surface area contributed by atoms with Crippen LogP contribution in [0.4, 0.5) is 11.4 Å². The highest BCUT2D eigenvalue weighted by Crippen LogP contribution is 2.34. The van der Waals surface area contributed by atoms with Crippen molar-refractivity contribution in [3.8, 4) is 11.5 Å². The van der Waals surface area contributed by atoms with E-state index >= 15 is 0 Å². The lowest BCUT2D eigenvalue weighted by Crippen LogP contribution is -2.45. The molecule has 2 aromatic carbocycles. The average molecular weight is 346 g/mol. The lowest BCUT2D eigenvalue weighted by molar-refractivity contribution is 0.174. The Balaban J connectivity index is 1.47. The molecule has 0 saturated heterocycles. The molecule has 0 aliphatic carbocycles. The summed E-state index contributed by atoms with van der Waals surface area (Å²) in [5, 5.41) is 6.84. The number of hydrazine groups is 1. The number of para-hydroxylation sites is 1. The van der Waals surface area contributed by atoms with Crippen LogP contribution < -0.4 is 31.0 Å². The van der Waals surface area contributed by atoms with Gasteiger partial charge in [0.2, 0.25) is 6.79 Å². The van der Waals surface area contributed by atoms with Crippen LogP contribution in [0.3, 0.4) is 0 Å². The van der Waals surface area contributed by atoms with E-state index in [1.54, 1.807) is 0 Å². The van der Waals surface area contributed by atoms with E-state index in [2.05, 4.69) is 21.5 Å². The van der Waals surface area contributed by atoms with Crippen LogP contribution >= 0.6 is 24.4 Å². The standard InChI is InChI=1S/C15H14N4O2S2/c22-14(16-10-4-2-1-3-5-10)18-19-15(23)17-11-6-7-12-13(8-11)21-9-20-12/h1-8H,9H2,(H2,16,18,22)(H2,17,19,23). The number of benzene rings is 2. The van der Waals surface area contributed by atoms with Crippen LogP contribution in [-0.4, -0.2) is 17.0 Å².